The summed E-state index contributed by atoms with van der Waals surface area (Å²) >= 11 is 0. The number of methoxy groups -OCH3 is 2. The number of aryl methyl sites for hydroxylation is 1. The van der Waals surface area contributed by atoms with E-state index >= 15 is 0 Å². The Balaban J connectivity index is 1.87. The highest BCUT2D eigenvalue weighted by Gasteiger charge is 2.18. The Hall–Kier alpha value is -3.47. The second-order valence-corrected chi connectivity index (χ2v) is 5.91. The molecule has 0 aliphatic carbocycles. The molecule has 5 heteroatoms. The first kappa shape index (κ1) is 18.3. The van der Waals surface area contributed by atoms with Crippen molar-refractivity contribution in [2.75, 3.05) is 19.5 Å². The van der Waals surface area contributed by atoms with Crippen LogP contribution in [0.2, 0.25) is 0 Å². The van der Waals surface area contributed by atoms with Gasteiger partial charge in [-0.05, 0) is 48.9 Å². The van der Waals surface area contributed by atoms with Crippen molar-refractivity contribution in [3.8, 4) is 23.0 Å². The Kier molecular flexibility index (Phi) is 5.61. The maximum absolute atomic E-state index is 12.8. The molecule has 27 heavy (non-hydrogen) atoms. The molecule has 138 valence electrons. The Bertz CT molecular complexity index is 953. The van der Waals surface area contributed by atoms with Crippen molar-refractivity contribution in [1.82, 2.24) is 0 Å². The Morgan fingerprint density at radius 2 is 1.59 bits per heavy atom. The highest BCUT2D eigenvalue weighted by atomic mass is 16.5. The van der Waals surface area contributed by atoms with E-state index in [0.717, 1.165) is 5.56 Å². The predicted octanol–water partition coefficient (Wildman–Crippen LogP) is 5.06. The second kappa shape index (κ2) is 8.27. The number of anilines is 1. The summed E-state index contributed by atoms with van der Waals surface area (Å²) < 4.78 is 16.6. The minimum Gasteiger partial charge on any atom is -0.493 e. The third-order valence-corrected chi connectivity index (χ3v) is 4.00. The molecule has 0 unspecified atom stereocenters. The van der Waals surface area contributed by atoms with Gasteiger partial charge in [0.2, 0.25) is 0 Å². The highest BCUT2D eigenvalue weighted by molar-refractivity contribution is 6.07. The van der Waals surface area contributed by atoms with E-state index in [0.29, 0.717) is 34.2 Å². The molecule has 0 atom stereocenters. The first-order valence-electron chi connectivity index (χ1n) is 8.48. The molecule has 0 heterocycles. The van der Waals surface area contributed by atoms with E-state index in [1.807, 2.05) is 43.3 Å². The third-order valence-electron chi connectivity index (χ3n) is 4.00. The molecule has 1 N–H and O–H groups in total. The van der Waals surface area contributed by atoms with Gasteiger partial charge in [0.05, 0.1) is 25.5 Å². The highest BCUT2D eigenvalue weighted by Crippen LogP contribution is 2.33. The topological polar surface area (TPSA) is 56.8 Å². The summed E-state index contributed by atoms with van der Waals surface area (Å²) in [6.45, 7) is 2.00. The van der Waals surface area contributed by atoms with Gasteiger partial charge >= 0.3 is 0 Å². The van der Waals surface area contributed by atoms with Gasteiger partial charge in [0.1, 0.15) is 5.75 Å². The van der Waals surface area contributed by atoms with Gasteiger partial charge in [-0.3, -0.25) is 4.79 Å². The molecule has 1 amide bonds. The fourth-order valence-electron chi connectivity index (χ4n) is 2.72. The van der Waals surface area contributed by atoms with Crippen molar-refractivity contribution < 1.29 is 19.0 Å². The lowest BCUT2D eigenvalue weighted by Crippen LogP contribution is -2.14. The molecular weight excluding hydrogens is 342 g/mol. The van der Waals surface area contributed by atoms with Crippen molar-refractivity contribution in [3.63, 3.8) is 0 Å². The number of nitrogens with one attached hydrogen (secondary N) is 1. The smallest absolute Gasteiger partial charge is 0.259 e. The number of para-hydroxylation sites is 3. The van der Waals surface area contributed by atoms with Crippen molar-refractivity contribution in [3.05, 3.63) is 77.9 Å². The standard InChI is InChI=1S/C22H21NO4/c1-15-8-6-9-16(14-15)27-19-12-5-4-11-18(19)23-22(24)17-10-7-13-20(25-2)21(17)26-3/h4-14H,1-3H3,(H,23,24). The Morgan fingerprint density at radius 3 is 2.33 bits per heavy atom. The van der Waals surface area contributed by atoms with Crippen LogP contribution in [0.1, 0.15) is 15.9 Å². The van der Waals surface area contributed by atoms with Crippen LogP contribution in [-0.2, 0) is 0 Å². The van der Waals surface area contributed by atoms with Crippen molar-refractivity contribution in [2.45, 2.75) is 6.92 Å². The van der Waals surface area contributed by atoms with E-state index in [1.165, 1.54) is 14.2 Å². The Morgan fingerprint density at radius 1 is 0.852 bits per heavy atom. The van der Waals surface area contributed by atoms with E-state index < -0.39 is 0 Å². The van der Waals surface area contributed by atoms with Crippen LogP contribution in [-0.4, -0.2) is 20.1 Å². The maximum atomic E-state index is 12.8. The van der Waals surface area contributed by atoms with Crippen molar-refractivity contribution in [1.29, 1.82) is 0 Å². The summed E-state index contributed by atoms with van der Waals surface area (Å²) in [6.07, 6.45) is 0. The number of benzene rings is 3. The third kappa shape index (κ3) is 4.20. The first-order valence-corrected chi connectivity index (χ1v) is 8.48. The fourth-order valence-corrected chi connectivity index (χ4v) is 2.72. The number of amides is 1. The molecule has 0 bridgehead atoms. The molecule has 3 aromatic rings. The lowest BCUT2D eigenvalue weighted by molar-refractivity contribution is 0.102. The largest absolute Gasteiger partial charge is 0.493 e. The van der Waals surface area contributed by atoms with Crippen LogP contribution < -0.4 is 19.5 Å². The minimum absolute atomic E-state index is 0.314. The van der Waals surface area contributed by atoms with Gasteiger partial charge in [-0.15, -0.1) is 0 Å². The van der Waals surface area contributed by atoms with Gasteiger partial charge in [0, 0.05) is 0 Å². The predicted molar refractivity (Wildman–Crippen MR) is 105 cm³/mol. The quantitative estimate of drug-likeness (QED) is 0.665. The van der Waals surface area contributed by atoms with Crippen LogP contribution in [0.5, 0.6) is 23.0 Å². The molecule has 0 aliphatic heterocycles. The molecule has 0 saturated heterocycles. The van der Waals surface area contributed by atoms with E-state index in [4.69, 9.17) is 14.2 Å². The van der Waals surface area contributed by atoms with Crippen LogP contribution in [0.3, 0.4) is 0 Å². The summed E-state index contributed by atoms with van der Waals surface area (Å²) in [5.41, 5.74) is 2.03. The van der Waals surface area contributed by atoms with Gasteiger partial charge in [-0.25, -0.2) is 0 Å². The lowest BCUT2D eigenvalue weighted by Gasteiger charge is -2.15. The summed E-state index contributed by atoms with van der Waals surface area (Å²) in [5.74, 6) is 1.82. The summed E-state index contributed by atoms with van der Waals surface area (Å²) in [6, 6.07) is 20.2. The number of ether oxygens (including phenoxy) is 3. The number of carbonyl (C=O) groups excluding carboxylic acids is 1. The molecule has 0 aliphatic rings. The molecule has 5 nitrogen and oxygen atoms in total. The molecule has 0 fully saturated rings. The average molecular weight is 363 g/mol. The van der Waals surface area contributed by atoms with Gasteiger partial charge in [0.15, 0.2) is 17.2 Å². The van der Waals surface area contributed by atoms with E-state index in [9.17, 15) is 4.79 Å². The first-order chi connectivity index (χ1) is 13.1. The summed E-state index contributed by atoms with van der Waals surface area (Å²) in [5, 5.41) is 2.89. The van der Waals surface area contributed by atoms with E-state index in [1.54, 1.807) is 30.3 Å². The summed E-state index contributed by atoms with van der Waals surface area (Å²) in [7, 11) is 3.04. The molecule has 0 spiro atoms. The van der Waals surface area contributed by atoms with Crippen molar-refractivity contribution >= 4 is 11.6 Å². The number of rotatable bonds is 6. The number of hydrogen-bond acceptors (Lipinski definition) is 4. The average Bonchev–Trinajstić information content (AvgIpc) is 2.68. The Labute approximate surface area is 158 Å². The van der Waals surface area contributed by atoms with Gasteiger partial charge in [-0.2, -0.15) is 0 Å². The number of hydrogen-bond donors (Lipinski definition) is 1. The van der Waals surface area contributed by atoms with Crippen LogP contribution in [0.25, 0.3) is 0 Å². The van der Waals surface area contributed by atoms with Crippen LogP contribution in [0.4, 0.5) is 5.69 Å². The van der Waals surface area contributed by atoms with E-state index in [2.05, 4.69) is 5.32 Å². The molecule has 3 rings (SSSR count). The molecule has 0 saturated carbocycles. The SMILES string of the molecule is COc1cccc(C(=O)Nc2ccccc2Oc2cccc(C)c2)c1OC. The summed E-state index contributed by atoms with van der Waals surface area (Å²) in [4.78, 5) is 12.8. The second-order valence-electron chi connectivity index (χ2n) is 5.91. The molecule has 0 aromatic heterocycles. The fraction of sp³-hybridized carbons (Fsp3) is 0.136. The normalized spacial score (nSPS) is 10.2. The van der Waals surface area contributed by atoms with Gasteiger partial charge in [-0.1, -0.05) is 30.3 Å². The molecular formula is C22H21NO4. The zero-order valence-corrected chi connectivity index (χ0v) is 15.5. The maximum Gasteiger partial charge on any atom is 0.259 e. The monoisotopic (exact) mass is 363 g/mol. The minimum atomic E-state index is -0.314. The van der Waals surface area contributed by atoms with Crippen LogP contribution in [0.15, 0.2) is 66.7 Å². The van der Waals surface area contributed by atoms with Gasteiger partial charge in [0.25, 0.3) is 5.91 Å². The van der Waals surface area contributed by atoms with Gasteiger partial charge < -0.3 is 19.5 Å². The lowest BCUT2D eigenvalue weighted by atomic mass is 10.1. The van der Waals surface area contributed by atoms with E-state index in [-0.39, 0.29) is 5.91 Å². The van der Waals surface area contributed by atoms with Crippen LogP contribution in [0, 0.1) is 6.92 Å². The van der Waals surface area contributed by atoms with Crippen molar-refractivity contribution in [2.24, 2.45) is 0 Å². The zero-order valence-electron chi connectivity index (χ0n) is 15.5. The zero-order chi connectivity index (χ0) is 19.2. The molecule has 0 radical (unpaired) electrons. The molecule has 3 aromatic carbocycles. The van der Waals surface area contributed by atoms with Crippen LogP contribution >= 0.6 is 0 Å². The number of carbonyl (C=O) groups is 1.